The van der Waals surface area contributed by atoms with Gasteiger partial charge in [0.05, 0.1) is 0 Å². The quantitative estimate of drug-likeness (QED) is 0.674. The van der Waals surface area contributed by atoms with Gasteiger partial charge in [-0.3, -0.25) is 0 Å². The summed E-state index contributed by atoms with van der Waals surface area (Å²) in [7, 11) is 0. The van der Waals surface area contributed by atoms with Crippen molar-refractivity contribution < 1.29 is 0 Å². The van der Waals surface area contributed by atoms with Crippen molar-refractivity contribution in [2.75, 3.05) is 18.6 Å². The molecule has 1 aromatic rings. The SMILES string of the molecule is CSCCCCNCc1ccc(CC(C)C)cc1. The van der Waals surface area contributed by atoms with Gasteiger partial charge in [-0.1, -0.05) is 38.1 Å². The summed E-state index contributed by atoms with van der Waals surface area (Å²) in [5.74, 6) is 2.02. The predicted octanol–water partition coefficient (Wildman–Crippen LogP) is 4.12. The van der Waals surface area contributed by atoms with Gasteiger partial charge in [0.1, 0.15) is 0 Å². The van der Waals surface area contributed by atoms with Crippen molar-refractivity contribution in [3.63, 3.8) is 0 Å². The number of rotatable bonds is 9. The lowest BCUT2D eigenvalue weighted by Gasteiger charge is -2.07. The molecule has 0 bridgehead atoms. The summed E-state index contributed by atoms with van der Waals surface area (Å²) >= 11 is 1.93. The Morgan fingerprint density at radius 1 is 1.06 bits per heavy atom. The second kappa shape index (κ2) is 9.46. The molecule has 0 amide bonds. The van der Waals surface area contributed by atoms with Gasteiger partial charge in [0.15, 0.2) is 0 Å². The van der Waals surface area contributed by atoms with Crippen molar-refractivity contribution in [2.24, 2.45) is 5.92 Å². The van der Waals surface area contributed by atoms with Gasteiger partial charge in [0.2, 0.25) is 0 Å². The van der Waals surface area contributed by atoms with Gasteiger partial charge < -0.3 is 5.32 Å². The zero-order chi connectivity index (χ0) is 13.2. The lowest BCUT2D eigenvalue weighted by Crippen LogP contribution is -2.14. The molecule has 1 aromatic carbocycles. The smallest absolute Gasteiger partial charge is 0.0205 e. The summed E-state index contributed by atoms with van der Waals surface area (Å²) in [6.45, 7) is 6.67. The molecule has 0 radical (unpaired) electrons. The third-order valence-corrected chi connectivity index (χ3v) is 3.64. The van der Waals surface area contributed by atoms with E-state index >= 15 is 0 Å². The third-order valence-electron chi connectivity index (χ3n) is 2.95. The first-order valence-electron chi connectivity index (χ1n) is 7.00. The Labute approximate surface area is 117 Å². The van der Waals surface area contributed by atoms with Crippen LogP contribution < -0.4 is 5.32 Å². The lowest BCUT2D eigenvalue weighted by molar-refractivity contribution is 0.639. The van der Waals surface area contributed by atoms with E-state index in [2.05, 4.69) is 49.7 Å². The molecular weight excluding hydrogens is 238 g/mol. The van der Waals surface area contributed by atoms with Crippen LogP contribution in [-0.2, 0) is 13.0 Å². The van der Waals surface area contributed by atoms with Crippen molar-refractivity contribution in [1.82, 2.24) is 5.32 Å². The van der Waals surface area contributed by atoms with Gasteiger partial charge >= 0.3 is 0 Å². The number of thioether (sulfide) groups is 1. The minimum Gasteiger partial charge on any atom is -0.313 e. The van der Waals surface area contributed by atoms with E-state index in [1.165, 1.54) is 36.1 Å². The van der Waals surface area contributed by atoms with Crippen LogP contribution in [0.1, 0.15) is 37.8 Å². The molecule has 0 saturated carbocycles. The number of benzene rings is 1. The summed E-state index contributed by atoms with van der Waals surface area (Å²) in [6, 6.07) is 9.05. The lowest BCUT2D eigenvalue weighted by atomic mass is 10.0. The Hall–Kier alpha value is -0.470. The minimum atomic E-state index is 0.741. The molecule has 0 unspecified atom stereocenters. The number of hydrogen-bond donors (Lipinski definition) is 1. The van der Waals surface area contributed by atoms with Crippen LogP contribution in [-0.4, -0.2) is 18.6 Å². The zero-order valence-electron chi connectivity index (χ0n) is 12.0. The maximum absolute atomic E-state index is 3.51. The molecule has 0 aromatic heterocycles. The van der Waals surface area contributed by atoms with Gasteiger partial charge in [-0.15, -0.1) is 0 Å². The molecule has 0 heterocycles. The zero-order valence-corrected chi connectivity index (χ0v) is 12.9. The molecule has 0 spiro atoms. The maximum atomic E-state index is 3.51. The van der Waals surface area contributed by atoms with E-state index in [1.807, 2.05) is 11.8 Å². The van der Waals surface area contributed by atoms with Crippen LogP contribution in [0.15, 0.2) is 24.3 Å². The molecule has 0 saturated heterocycles. The van der Waals surface area contributed by atoms with E-state index in [0.29, 0.717) is 0 Å². The van der Waals surface area contributed by atoms with Crippen LogP contribution in [0, 0.1) is 5.92 Å². The Balaban J connectivity index is 2.18. The molecule has 102 valence electrons. The standard InChI is InChI=1S/C16H27NS/c1-14(2)12-15-6-8-16(9-7-15)13-17-10-4-5-11-18-3/h6-9,14,17H,4-5,10-13H2,1-3H3. The average Bonchev–Trinajstić information content (AvgIpc) is 2.35. The fourth-order valence-corrected chi connectivity index (χ4v) is 2.49. The van der Waals surface area contributed by atoms with Crippen molar-refractivity contribution >= 4 is 11.8 Å². The summed E-state index contributed by atoms with van der Waals surface area (Å²) in [6.07, 6.45) is 5.96. The van der Waals surface area contributed by atoms with E-state index in [-0.39, 0.29) is 0 Å². The summed E-state index contributed by atoms with van der Waals surface area (Å²) in [4.78, 5) is 0. The highest BCUT2D eigenvalue weighted by Gasteiger charge is 1.98. The second-order valence-electron chi connectivity index (χ2n) is 5.29. The monoisotopic (exact) mass is 265 g/mol. The molecule has 1 nitrogen and oxygen atoms in total. The van der Waals surface area contributed by atoms with E-state index < -0.39 is 0 Å². The Kier molecular flexibility index (Phi) is 8.19. The Bertz CT molecular complexity index is 305. The van der Waals surface area contributed by atoms with E-state index in [0.717, 1.165) is 19.0 Å². The van der Waals surface area contributed by atoms with E-state index in [1.54, 1.807) is 0 Å². The van der Waals surface area contributed by atoms with E-state index in [9.17, 15) is 0 Å². The van der Waals surface area contributed by atoms with Gasteiger partial charge in [-0.2, -0.15) is 11.8 Å². The number of unbranched alkanes of at least 4 members (excludes halogenated alkanes) is 1. The van der Waals surface area contributed by atoms with Crippen molar-refractivity contribution in [3.8, 4) is 0 Å². The van der Waals surface area contributed by atoms with Crippen LogP contribution in [0.4, 0.5) is 0 Å². The molecule has 0 aliphatic carbocycles. The minimum absolute atomic E-state index is 0.741. The van der Waals surface area contributed by atoms with Crippen LogP contribution in [0.2, 0.25) is 0 Å². The largest absolute Gasteiger partial charge is 0.313 e. The Morgan fingerprint density at radius 2 is 1.72 bits per heavy atom. The first kappa shape index (κ1) is 15.6. The number of nitrogens with one attached hydrogen (secondary N) is 1. The van der Waals surface area contributed by atoms with Crippen LogP contribution >= 0.6 is 11.8 Å². The van der Waals surface area contributed by atoms with Crippen LogP contribution in [0.5, 0.6) is 0 Å². The highest BCUT2D eigenvalue weighted by molar-refractivity contribution is 7.98. The van der Waals surface area contributed by atoms with Crippen molar-refractivity contribution in [1.29, 1.82) is 0 Å². The van der Waals surface area contributed by atoms with Crippen LogP contribution in [0.25, 0.3) is 0 Å². The number of hydrogen-bond acceptors (Lipinski definition) is 2. The summed E-state index contributed by atoms with van der Waals surface area (Å²) in [5, 5.41) is 3.51. The van der Waals surface area contributed by atoms with Crippen LogP contribution in [0.3, 0.4) is 0 Å². The first-order valence-corrected chi connectivity index (χ1v) is 8.39. The van der Waals surface area contributed by atoms with Gasteiger partial charge in [0.25, 0.3) is 0 Å². The maximum Gasteiger partial charge on any atom is 0.0205 e. The van der Waals surface area contributed by atoms with E-state index in [4.69, 9.17) is 0 Å². The fraction of sp³-hybridized carbons (Fsp3) is 0.625. The fourth-order valence-electron chi connectivity index (χ4n) is 1.99. The van der Waals surface area contributed by atoms with Crippen molar-refractivity contribution in [2.45, 2.75) is 39.7 Å². The second-order valence-corrected chi connectivity index (χ2v) is 6.28. The highest BCUT2D eigenvalue weighted by Crippen LogP contribution is 2.09. The molecule has 0 aliphatic heterocycles. The molecule has 0 fully saturated rings. The van der Waals surface area contributed by atoms with Gasteiger partial charge in [0, 0.05) is 6.54 Å². The summed E-state index contributed by atoms with van der Waals surface area (Å²) < 4.78 is 0. The highest BCUT2D eigenvalue weighted by atomic mass is 32.2. The molecule has 0 aliphatic rings. The molecule has 2 heteroatoms. The normalized spacial score (nSPS) is 11.1. The molecule has 1 rings (SSSR count). The molecular formula is C16H27NS. The van der Waals surface area contributed by atoms with Gasteiger partial charge in [-0.25, -0.2) is 0 Å². The molecule has 1 N–H and O–H groups in total. The first-order chi connectivity index (χ1) is 8.72. The molecule has 0 atom stereocenters. The average molecular weight is 265 g/mol. The molecule has 18 heavy (non-hydrogen) atoms. The van der Waals surface area contributed by atoms with Crippen molar-refractivity contribution in [3.05, 3.63) is 35.4 Å². The topological polar surface area (TPSA) is 12.0 Å². The van der Waals surface area contributed by atoms with Gasteiger partial charge in [-0.05, 0) is 54.9 Å². The third kappa shape index (κ3) is 7.07. The predicted molar refractivity (Wildman–Crippen MR) is 84.3 cm³/mol. The summed E-state index contributed by atoms with van der Waals surface area (Å²) in [5.41, 5.74) is 2.85. The Morgan fingerprint density at radius 3 is 2.33 bits per heavy atom.